The third kappa shape index (κ3) is 5.03. The van der Waals surface area contributed by atoms with Crippen molar-refractivity contribution in [2.75, 3.05) is 33.4 Å². The Hall–Kier alpha value is -1.48. The van der Waals surface area contributed by atoms with E-state index in [1.807, 2.05) is 0 Å². The lowest BCUT2D eigenvalue weighted by Crippen LogP contribution is -2.45. The first kappa shape index (κ1) is 19.3. The molecule has 2 N–H and O–H groups in total. The number of ether oxygens (including phenoxy) is 1. The Morgan fingerprint density at radius 2 is 1.81 bits per heavy atom. The van der Waals surface area contributed by atoms with Gasteiger partial charge in [0.1, 0.15) is 0 Å². The van der Waals surface area contributed by atoms with Crippen molar-refractivity contribution in [3.63, 3.8) is 0 Å². The summed E-state index contributed by atoms with van der Waals surface area (Å²) in [7, 11) is -2.07. The highest BCUT2D eigenvalue weighted by Gasteiger charge is 2.32. The standard InChI is InChI=1S/C18H27N3O4S/c1-25-13-10-19-26(23,24)17-6-2-14(3-7-17)18(22)20-15-8-11-21(12-9-15)16-4-5-16/h2-3,6-7,15-16,19H,4-5,8-13H2,1H3,(H,20,22). The molecule has 8 heteroatoms. The maximum Gasteiger partial charge on any atom is 0.251 e. The zero-order valence-electron chi connectivity index (χ0n) is 15.1. The Morgan fingerprint density at radius 3 is 2.38 bits per heavy atom. The van der Waals surface area contributed by atoms with Crippen molar-refractivity contribution in [3.05, 3.63) is 29.8 Å². The average Bonchev–Trinajstić information content (AvgIpc) is 3.48. The number of nitrogens with zero attached hydrogens (tertiary/aromatic N) is 1. The number of hydrogen-bond acceptors (Lipinski definition) is 5. The lowest BCUT2D eigenvalue weighted by atomic mass is 10.0. The van der Waals surface area contributed by atoms with Crippen LogP contribution in [0, 0.1) is 0 Å². The molecule has 0 spiro atoms. The maximum atomic E-state index is 12.4. The number of carbonyl (C=O) groups excluding carboxylic acids is 1. The van der Waals surface area contributed by atoms with Gasteiger partial charge in [-0.25, -0.2) is 13.1 Å². The van der Waals surface area contributed by atoms with Gasteiger partial charge in [0.05, 0.1) is 11.5 Å². The molecular weight excluding hydrogens is 354 g/mol. The highest BCUT2D eigenvalue weighted by Crippen LogP contribution is 2.29. The number of hydrogen-bond donors (Lipinski definition) is 2. The van der Waals surface area contributed by atoms with Crippen LogP contribution in [0.2, 0.25) is 0 Å². The summed E-state index contributed by atoms with van der Waals surface area (Å²) in [6.07, 6.45) is 4.56. The third-order valence-electron chi connectivity index (χ3n) is 4.95. The molecular formula is C18H27N3O4S. The Morgan fingerprint density at radius 1 is 1.15 bits per heavy atom. The zero-order chi connectivity index (χ0) is 18.6. The SMILES string of the molecule is COCCNS(=O)(=O)c1ccc(C(=O)NC2CCN(C3CC3)CC2)cc1. The van der Waals surface area contributed by atoms with Crippen molar-refractivity contribution in [1.82, 2.24) is 14.9 Å². The van der Waals surface area contributed by atoms with Crippen LogP contribution in [-0.2, 0) is 14.8 Å². The molecule has 1 heterocycles. The summed E-state index contributed by atoms with van der Waals surface area (Å²) < 4.78 is 31.5. The van der Waals surface area contributed by atoms with E-state index in [0.717, 1.165) is 32.0 Å². The van der Waals surface area contributed by atoms with E-state index < -0.39 is 10.0 Å². The molecule has 0 aromatic heterocycles. The molecule has 0 unspecified atom stereocenters. The molecule has 1 amide bonds. The number of nitrogens with one attached hydrogen (secondary N) is 2. The van der Waals surface area contributed by atoms with Crippen LogP contribution >= 0.6 is 0 Å². The summed E-state index contributed by atoms with van der Waals surface area (Å²) in [5.41, 5.74) is 0.477. The van der Waals surface area contributed by atoms with Crippen LogP contribution in [0.25, 0.3) is 0 Å². The van der Waals surface area contributed by atoms with E-state index in [1.165, 1.54) is 32.1 Å². The fourth-order valence-corrected chi connectivity index (χ4v) is 4.28. The minimum absolute atomic E-state index is 0.142. The molecule has 0 radical (unpaired) electrons. The summed E-state index contributed by atoms with van der Waals surface area (Å²) in [5.74, 6) is -0.147. The fourth-order valence-electron chi connectivity index (χ4n) is 3.26. The lowest BCUT2D eigenvalue weighted by Gasteiger charge is -2.32. The molecule has 0 atom stereocenters. The number of methoxy groups -OCH3 is 1. The minimum atomic E-state index is -3.58. The first-order chi connectivity index (χ1) is 12.5. The summed E-state index contributed by atoms with van der Waals surface area (Å²) in [5, 5.41) is 3.07. The number of amides is 1. The molecule has 1 saturated carbocycles. The van der Waals surface area contributed by atoms with Crippen LogP contribution in [-0.4, -0.2) is 64.7 Å². The smallest absolute Gasteiger partial charge is 0.251 e. The molecule has 3 rings (SSSR count). The maximum absolute atomic E-state index is 12.4. The van der Waals surface area contributed by atoms with E-state index in [-0.39, 0.29) is 23.4 Å². The first-order valence-corrected chi connectivity index (χ1v) is 10.6. The molecule has 7 nitrogen and oxygen atoms in total. The summed E-state index contributed by atoms with van der Waals surface area (Å²) in [6, 6.07) is 6.99. The van der Waals surface area contributed by atoms with Crippen LogP contribution in [0.4, 0.5) is 0 Å². The Kier molecular flexibility index (Phi) is 6.29. The van der Waals surface area contributed by atoms with Gasteiger partial charge in [0.15, 0.2) is 0 Å². The van der Waals surface area contributed by atoms with Crippen LogP contribution in [0.1, 0.15) is 36.0 Å². The molecule has 1 aromatic rings. The highest BCUT2D eigenvalue weighted by atomic mass is 32.2. The molecule has 1 aromatic carbocycles. The number of rotatable bonds is 8. The van der Waals surface area contributed by atoms with Gasteiger partial charge < -0.3 is 15.0 Å². The average molecular weight is 381 g/mol. The second-order valence-corrected chi connectivity index (χ2v) is 8.70. The van der Waals surface area contributed by atoms with Crippen molar-refractivity contribution in [2.24, 2.45) is 0 Å². The molecule has 144 valence electrons. The topological polar surface area (TPSA) is 87.7 Å². The molecule has 26 heavy (non-hydrogen) atoms. The van der Waals surface area contributed by atoms with Crippen LogP contribution in [0.3, 0.4) is 0 Å². The van der Waals surface area contributed by atoms with E-state index in [2.05, 4.69) is 14.9 Å². The molecule has 1 saturated heterocycles. The first-order valence-electron chi connectivity index (χ1n) is 9.13. The van der Waals surface area contributed by atoms with Crippen molar-refractivity contribution >= 4 is 15.9 Å². The Balaban J connectivity index is 1.52. The normalized spacial score (nSPS) is 19.4. The molecule has 2 fully saturated rings. The van der Waals surface area contributed by atoms with Crippen molar-refractivity contribution in [2.45, 2.75) is 42.7 Å². The number of carbonyl (C=O) groups is 1. The van der Waals surface area contributed by atoms with E-state index in [4.69, 9.17) is 4.74 Å². The van der Waals surface area contributed by atoms with Gasteiger partial charge in [0.25, 0.3) is 5.91 Å². The van der Waals surface area contributed by atoms with Gasteiger partial charge in [-0.05, 0) is 49.9 Å². The molecule has 2 aliphatic rings. The van der Waals surface area contributed by atoms with Crippen molar-refractivity contribution in [1.29, 1.82) is 0 Å². The van der Waals surface area contributed by atoms with Gasteiger partial charge in [-0.3, -0.25) is 4.79 Å². The van der Waals surface area contributed by atoms with E-state index >= 15 is 0 Å². The number of sulfonamides is 1. The number of benzene rings is 1. The highest BCUT2D eigenvalue weighted by molar-refractivity contribution is 7.89. The summed E-state index contributed by atoms with van der Waals surface area (Å²) in [4.78, 5) is 15.1. The van der Waals surface area contributed by atoms with E-state index in [1.54, 1.807) is 12.1 Å². The van der Waals surface area contributed by atoms with Crippen LogP contribution in [0.15, 0.2) is 29.2 Å². The number of likely N-dealkylation sites (tertiary alicyclic amines) is 1. The minimum Gasteiger partial charge on any atom is -0.383 e. The summed E-state index contributed by atoms with van der Waals surface area (Å²) in [6.45, 7) is 2.60. The van der Waals surface area contributed by atoms with E-state index in [9.17, 15) is 13.2 Å². The van der Waals surface area contributed by atoms with Gasteiger partial charge in [-0.2, -0.15) is 0 Å². The molecule has 0 bridgehead atoms. The van der Waals surface area contributed by atoms with Gasteiger partial charge in [-0.15, -0.1) is 0 Å². The predicted molar refractivity (Wildman–Crippen MR) is 98.6 cm³/mol. The van der Waals surface area contributed by atoms with Gasteiger partial charge in [-0.1, -0.05) is 0 Å². The van der Waals surface area contributed by atoms with Crippen LogP contribution in [0.5, 0.6) is 0 Å². The molecule has 1 aliphatic heterocycles. The monoisotopic (exact) mass is 381 g/mol. The lowest BCUT2D eigenvalue weighted by molar-refractivity contribution is 0.0909. The largest absolute Gasteiger partial charge is 0.383 e. The second-order valence-electron chi connectivity index (χ2n) is 6.93. The van der Waals surface area contributed by atoms with Gasteiger partial charge in [0, 0.05) is 44.4 Å². The van der Waals surface area contributed by atoms with Gasteiger partial charge >= 0.3 is 0 Å². The van der Waals surface area contributed by atoms with Crippen LogP contribution < -0.4 is 10.0 Å². The predicted octanol–water partition coefficient (Wildman–Crippen LogP) is 0.968. The van der Waals surface area contributed by atoms with Gasteiger partial charge in [0.2, 0.25) is 10.0 Å². The van der Waals surface area contributed by atoms with Crippen molar-refractivity contribution in [3.8, 4) is 0 Å². The number of piperidine rings is 1. The zero-order valence-corrected chi connectivity index (χ0v) is 15.9. The quantitative estimate of drug-likeness (QED) is 0.655. The Labute approximate surface area is 155 Å². The second kappa shape index (κ2) is 8.47. The Bertz CT molecular complexity index is 708. The third-order valence-corrected chi connectivity index (χ3v) is 6.43. The fraction of sp³-hybridized carbons (Fsp3) is 0.611. The van der Waals surface area contributed by atoms with E-state index in [0.29, 0.717) is 12.2 Å². The van der Waals surface area contributed by atoms with Crippen molar-refractivity contribution < 1.29 is 17.9 Å². The molecule has 1 aliphatic carbocycles. The summed E-state index contributed by atoms with van der Waals surface area (Å²) >= 11 is 0.